The van der Waals surface area contributed by atoms with Crippen LogP contribution in [-0.4, -0.2) is 17.0 Å². The highest BCUT2D eigenvalue weighted by Gasteiger charge is 2.13. The molecular weight excluding hydrogens is 310 g/mol. The quantitative estimate of drug-likeness (QED) is 0.752. The summed E-state index contributed by atoms with van der Waals surface area (Å²) >= 11 is 0. The van der Waals surface area contributed by atoms with E-state index in [0.29, 0.717) is 12.1 Å². The molecule has 0 aliphatic rings. The predicted octanol–water partition coefficient (Wildman–Crippen LogP) is 3.43. The van der Waals surface area contributed by atoms with Gasteiger partial charge in [-0.2, -0.15) is 5.26 Å². The minimum Gasteiger partial charge on any atom is -0.354 e. The summed E-state index contributed by atoms with van der Waals surface area (Å²) in [4.78, 5) is 12.3. The number of aryl methyl sites for hydroxylation is 1. The highest BCUT2D eigenvalue weighted by atomic mass is 16.1. The highest BCUT2D eigenvalue weighted by molar-refractivity contribution is 5.90. The second-order valence-corrected chi connectivity index (χ2v) is 6.03. The fourth-order valence-corrected chi connectivity index (χ4v) is 3.14. The summed E-state index contributed by atoms with van der Waals surface area (Å²) in [5, 5.41) is 13.2. The van der Waals surface area contributed by atoms with Gasteiger partial charge in [0.15, 0.2) is 0 Å². The number of hydrogen-bond acceptors (Lipinski definition) is 2. The molecule has 4 nitrogen and oxygen atoms in total. The van der Waals surface area contributed by atoms with Gasteiger partial charge in [0.2, 0.25) is 5.91 Å². The molecule has 0 unspecified atom stereocenters. The highest BCUT2D eigenvalue weighted by Crippen LogP contribution is 2.24. The number of hydrogen-bond donors (Lipinski definition) is 1. The Kier molecular flexibility index (Phi) is 5.15. The smallest absolute Gasteiger partial charge is 0.239 e. The molecule has 4 heteroatoms. The molecule has 1 amide bonds. The van der Waals surface area contributed by atoms with Crippen molar-refractivity contribution >= 4 is 16.8 Å². The number of fused-ring (bicyclic) bond motifs is 1. The van der Waals surface area contributed by atoms with Crippen molar-refractivity contribution in [2.75, 3.05) is 6.54 Å². The molecule has 126 valence electrons. The third-order valence-corrected chi connectivity index (χ3v) is 4.38. The summed E-state index contributed by atoms with van der Waals surface area (Å²) in [6.45, 7) is 2.91. The average molecular weight is 331 g/mol. The van der Waals surface area contributed by atoms with Crippen LogP contribution in [0.25, 0.3) is 10.9 Å². The van der Waals surface area contributed by atoms with Crippen molar-refractivity contribution in [1.29, 1.82) is 5.26 Å². The second-order valence-electron chi connectivity index (χ2n) is 6.03. The Hall–Kier alpha value is -3.06. The number of nitriles is 1. The van der Waals surface area contributed by atoms with Crippen LogP contribution in [0.5, 0.6) is 0 Å². The number of para-hydroxylation sites is 1. The number of aromatic nitrogens is 1. The Balaban J connectivity index is 1.72. The molecule has 25 heavy (non-hydrogen) atoms. The van der Waals surface area contributed by atoms with Gasteiger partial charge in [0.25, 0.3) is 0 Å². The van der Waals surface area contributed by atoms with E-state index in [9.17, 15) is 10.1 Å². The first-order valence-electron chi connectivity index (χ1n) is 8.54. The second kappa shape index (κ2) is 7.67. The van der Waals surface area contributed by atoms with E-state index in [0.717, 1.165) is 29.3 Å². The average Bonchev–Trinajstić information content (AvgIpc) is 3.00. The van der Waals surface area contributed by atoms with Crippen LogP contribution in [0.2, 0.25) is 0 Å². The van der Waals surface area contributed by atoms with E-state index < -0.39 is 0 Å². The van der Waals surface area contributed by atoms with Crippen molar-refractivity contribution in [1.82, 2.24) is 9.88 Å². The third-order valence-electron chi connectivity index (χ3n) is 4.38. The van der Waals surface area contributed by atoms with Gasteiger partial charge in [0.05, 0.1) is 11.1 Å². The van der Waals surface area contributed by atoms with Gasteiger partial charge < -0.3 is 9.88 Å². The summed E-state index contributed by atoms with van der Waals surface area (Å²) in [6, 6.07) is 18.3. The molecule has 1 aromatic heterocycles. The molecule has 1 N–H and O–H groups in total. The van der Waals surface area contributed by atoms with Crippen molar-refractivity contribution in [2.24, 2.45) is 0 Å². The van der Waals surface area contributed by atoms with Gasteiger partial charge in [0.1, 0.15) is 12.6 Å². The van der Waals surface area contributed by atoms with E-state index in [4.69, 9.17) is 0 Å². The molecule has 0 aliphatic carbocycles. The molecule has 3 aromatic rings. The zero-order chi connectivity index (χ0) is 17.6. The van der Waals surface area contributed by atoms with E-state index in [1.165, 1.54) is 5.56 Å². The van der Waals surface area contributed by atoms with Crippen molar-refractivity contribution in [2.45, 2.75) is 26.3 Å². The van der Waals surface area contributed by atoms with Crippen LogP contribution in [0.3, 0.4) is 0 Å². The molecule has 0 atom stereocenters. The van der Waals surface area contributed by atoms with Crippen molar-refractivity contribution in [3.05, 3.63) is 71.4 Å². The number of nitrogens with one attached hydrogen (secondary N) is 1. The Bertz CT molecular complexity index is 919. The van der Waals surface area contributed by atoms with Crippen LogP contribution in [0, 0.1) is 11.3 Å². The number of nitrogens with zero attached hydrogens (tertiary/aromatic N) is 2. The van der Waals surface area contributed by atoms with Crippen molar-refractivity contribution in [3.8, 4) is 6.07 Å². The molecular formula is C21H21N3O. The molecule has 0 radical (unpaired) electrons. The number of amides is 1. The van der Waals surface area contributed by atoms with Crippen LogP contribution in [0.1, 0.15) is 23.6 Å². The largest absolute Gasteiger partial charge is 0.354 e. The lowest BCUT2D eigenvalue weighted by atomic mass is 10.1. The normalized spacial score (nSPS) is 10.6. The lowest BCUT2D eigenvalue weighted by Gasteiger charge is -2.09. The lowest BCUT2D eigenvalue weighted by Crippen LogP contribution is -2.29. The van der Waals surface area contributed by atoms with Gasteiger partial charge in [-0.3, -0.25) is 4.79 Å². The molecule has 1 heterocycles. The SMILES string of the molecule is CCc1cccc2c(C#N)cn(CC(=O)NCCc3ccccc3)c12. The third kappa shape index (κ3) is 3.72. The number of carbonyl (C=O) groups is 1. The number of rotatable bonds is 6. The first kappa shape index (κ1) is 16.8. The van der Waals surface area contributed by atoms with E-state index in [1.54, 1.807) is 6.20 Å². The van der Waals surface area contributed by atoms with Gasteiger partial charge >= 0.3 is 0 Å². The number of benzene rings is 2. The maximum absolute atomic E-state index is 12.3. The Morgan fingerprint density at radius 3 is 2.68 bits per heavy atom. The summed E-state index contributed by atoms with van der Waals surface area (Å²) in [6.07, 6.45) is 3.45. The van der Waals surface area contributed by atoms with Crippen LogP contribution >= 0.6 is 0 Å². The van der Waals surface area contributed by atoms with E-state index in [1.807, 2.05) is 41.0 Å². The monoisotopic (exact) mass is 331 g/mol. The maximum atomic E-state index is 12.3. The van der Waals surface area contributed by atoms with Crippen molar-refractivity contribution < 1.29 is 4.79 Å². The fraction of sp³-hybridized carbons (Fsp3) is 0.238. The molecule has 2 aromatic carbocycles. The van der Waals surface area contributed by atoms with E-state index in [2.05, 4.69) is 30.4 Å². The molecule has 0 bridgehead atoms. The van der Waals surface area contributed by atoms with Gasteiger partial charge in [-0.1, -0.05) is 55.5 Å². The lowest BCUT2D eigenvalue weighted by molar-refractivity contribution is -0.121. The van der Waals surface area contributed by atoms with E-state index >= 15 is 0 Å². The van der Waals surface area contributed by atoms with Gasteiger partial charge in [-0.15, -0.1) is 0 Å². The summed E-state index contributed by atoms with van der Waals surface area (Å²) in [5.41, 5.74) is 3.95. The minimum atomic E-state index is -0.0387. The van der Waals surface area contributed by atoms with Crippen LogP contribution in [0.15, 0.2) is 54.7 Å². The van der Waals surface area contributed by atoms with Crippen LogP contribution in [-0.2, 0) is 24.2 Å². The Morgan fingerprint density at radius 2 is 1.96 bits per heavy atom. The standard InChI is InChI=1S/C21H21N3O/c1-2-17-9-6-10-19-18(13-22)14-24(21(17)19)15-20(25)23-12-11-16-7-4-3-5-8-16/h3-10,14H,2,11-12,15H2,1H3,(H,23,25). The fourth-order valence-electron chi connectivity index (χ4n) is 3.14. The van der Waals surface area contributed by atoms with Gasteiger partial charge in [-0.25, -0.2) is 0 Å². The maximum Gasteiger partial charge on any atom is 0.239 e. The summed E-state index contributed by atoms with van der Waals surface area (Å²) in [7, 11) is 0. The Morgan fingerprint density at radius 1 is 1.16 bits per heavy atom. The topological polar surface area (TPSA) is 57.8 Å². The molecule has 0 aliphatic heterocycles. The molecule has 0 saturated heterocycles. The van der Waals surface area contributed by atoms with E-state index in [-0.39, 0.29) is 12.5 Å². The molecule has 3 rings (SSSR count). The minimum absolute atomic E-state index is 0.0387. The zero-order valence-electron chi connectivity index (χ0n) is 14.3. The summed E-state index contributed by atoms with van der Waals surface area (Å²) in [5.74, 6) is -0.0387. The number of carbonyl (C=O) groups excluding carboxylic acids is 1. The molecule has 0 spiro atoms. The Labute approximate surface area is 147 Å². The van der Waals surface area contributed by atoms with Gasteiger partial charge in [-0.05, 0) is 24.0 Å². The first-order chi connectivity index (χ1) is 12.2. The van der Waals surface area contributed by atoms with Gasteiger partial charge in [0, 0.05) is 18.1 Å². The molecule has 0 saturated carbocycles. The van der Waals surface area contributed by atoms with Crippen LogP contribution in [0.4, 0.5) is 0 Å². The predicted molar refractivity (Wildman–Crippen MR) is 99.2 cm³/mol. The van der Waals surface area contributed by atoms with Crippen molar-refractivity contribution in [3.63, 3.8) is 0 Å². The van der Waals surface area contributed by atoms with Crippen LogP contribution < -0.4 is 5.32 Å². The first-order valence-corrected chi connectivity index (χ1v) is 8.54. The summed E-state index contributed by atoms with van der Waals surface area (Å²) < 4.78 is 1.89. The zero-order valence-corrected chi connectivity index (χ0v) is 14.3. The molecule has 0 fully saturated rings.